The standard InChI is InChI=1S/C16H19F3N4S/c17-16(18,19)8-12-7-11-9-21-14(22-13(11)24-12)23-5-2-15(3-6-23)1-4-20-10-15/h7,9,20H,1-6,8,10H2. The molecule has 0 aromatic carbocycles. The summed E-state index contributed by atoms with van der Waals surface area (Å²) >= 11 is 1.11. The van der Waals surface area contributed by atoms with E-state index in [2.05, 4.69) is 20.2 Å². The second-order valence-electron chi connectivity index (χ2n) is 6.85. The van der Waals surface area contributed by atoms with Crippen LogP contribution in [0.5, 0.6) is 0 Å². The van der Waals surface area contributed by atoms with Crippen molar-refractivity contribution < 1.29 is 13.2 Å². The van der Waals surface area contributed by atoms with Crippen LogP contribution in [0.1, 0.15) is 24.1 Å². The highest BCUT2D eigenvalue weighted by Crippen LogP contribution is 2.38. The number of fused-ring (bicyclic) bond motifs is 1. The average molecular weight is 356 g/mol. The van der Waals surface area contributed by atoms with Gasteiger partial charge in [-0.15, -0.1) is 11.3 Å². The Morgan fingerprint density at radius 3 is 2.71 bits per heavy atom. The first-order valence-electron chi connectivity index (χ1n) is 8.20. The van der Waals surface area contributed by atoms with Crippen LogP contribution in [0.15, 0.2) is 12.3 Å². The van der Waals surface area contributed by atoms with E-state index in [1.54, 1.807) is 12.3 Å². The molecule has 24 heavy (non-hydrogen) atoms. The highest BCUT2D eigenvalue weighted by molar-refractivity contribution is 7.18. The first kappa shape index (κ1) is 16.1. The largest absolute Gasteiger partial charge is 0.393 e. The van der Waals surface area contributed by atoms with Crippen LogP contribution >= 0.6 is 11.3 Å². The summed E-state index contributed by atoms with van der Waals surface area (Å²) < 4.78 is 37.6. The molecule has 0 atom stereocenters. The van der Waals surface area contributed by atoms with E-state index in [1.807, 2.05) is 0 Å². The third-order valence-corrected chi connectivity index (χ3v) is 6.17. The first-order valence-corrected chi connectivity index (χ1v) is 9.02. The second-order valence-corrected chi connectivity index (χ2v) is 7.96. The predicted octanol–water partition coefficient (Wildman–Crippen LogP) is 3.38. The normalized spacial score (nSPS) is 21.0. The molecule has 0 amide bonds. The van der Waals surface area contributed by atoms with Gasteiger partial charge in [0.15, 0.2) is 0 Å². The van der Waals surface area contributed by atoms with Gasteiger partial charge >= 0.3 is 6.18 Å². The third-order valence-electron chi connectivity index (χ3n) is 5.13. The van der Waals surface area contributed by atoms with Crippen molar-refractivity contribution in [2.45, 2.75) is 31.9 Å². The van der Waals surface area contributed by atoms with Crippen molar-refractivity contribution in [2.75, 3.05) is 31.1 Å². The number of rotatable bonds is 2. The van der Waals surface area contributed by atoms with Crippen LogP contribution in [-0.4, -0.2) is 42.3 Å². The average Bonchev–Trinajstić information content (AvgIpc) is 3.12. The third kappa shape index (κ3) is 3.21. The molecule has 2 fully saturated rings. The van der Waals surface area contributed by atoms with Crippen molar-refractivity contribution in [3.05, 3.63) is 17.1 Å². The highest BCUT2D eigenvalue weighted by atomic mass is 32.1. The molecule has 0 unspecified atom stereocenters. The number of halogens is 3. The molecule has 8 heteroatoms. The molecule has 0 aliphatic carbocycles. The minimum atomic E-state index is -4.19. The number of alkyl halides is 3. The van der Waals surface area contributed by atoms with Crippen LogP contribution < -0.4 is 10.2 Å². The Morgan fingerprint density at radius 1 is 1.25 bits per heavy atom. The van der Waals surface area contributed by atoms with Gasteiger partial charge in [-0.2, -0.15) is 13.2 Å². The number of thiophene rings is 1. The van der Waals surface area contributed by atoms with Crippen molar-refractivity contribution >= 4 is 27.5 Å². The van der Waals surface area contributed by atoms with Gasteiger partial charge in [0, 0.05) is 36.1 Å². The molecule has 0 radical (unpaired) electrons. The smallest absolute Gasteiger partial charge is 0.341 e. The van der Waals surface area contributed by atoms with Gasteiger partial charge in [0.1, 0.15) is 4.83 Å². The minimum absolute atomic E-state index is 0.290. The summed E-state index contributed by atoms with van der Waals surface area (Å²) in [6.07, 6.45) is 0.0224. The van der Waals surface area contributed by atoms with Crippen molar-refractivity contribution in [2.24, 2.45) is 5.41 Å². The number of anilines is 1. The maximum Gasteiger partial charge on any atom is 0.393 e. The summed E-state index contributed by atoms with van der Waals surface area (Å²) in [6.45, 7) is 4.01. The summed E-state index contributed by atoms with van der Waals surface area (Å²) in [7, 11) is 0. The molecule has 1 N–H and O–H groups in total. The van der Waals surface area contributed by atoms with Gasteiger partial charge in [0.2, 0.25) is 5.95 Å². The van der Waals surface area contributed by atoms with E-state index >= 15 is 0 Å². The Morgan fingerprint density at radius 2 is 2.04 bits per heavy atom. The summed E-state index contributed by atoms with van der Waals surface area (Å²) in [4.78, 5) is 12.0. The van der Waals surface area contributed by atoms with E-state index in [1.165, 1.54) is 6.42 Å². The summed E-state index contributed by atoms with van der Waals surface area (Å²) in [5.41, 5.74) is 0.420. The van der Waals surface area contributed by atoms with E-state index in [0.29, 0.717) is 26.5 Å². The fourth-order valence-corrected chi connectivity index (χ4v) is 4.74. The molecule has 4 heterocycles. The molecule has 130 valence electrons. The predicted molar refractivity (Wildman–Crippen MR) is 88.5 cm³/mol. The summed E-state index contributed by atoms with van der Waals surface area (Å²) in [5.74, 6) is 0.642. The monoisotopic (exact) mass is 356 g/mol. The molecule has 1 spiro atoms. The summed E-state index contributed by atoms with van der Waals surface area (Å²) in [6, 6.07) is 1.55. The molecule has 2 saturated heterocycles. The molecule has 2 aromatic rings. The molecular weight excluding hydrogens is 337 g/mol. The molecule has 4 nitrogen and oxygen atoms in total. The van der Waals surface area contributed by atoms with Gasteiger partial charge in [0.25, 0.3) is 0 Å². The number of piperidine rings is 1. The van der Waals surface area contributed by atoms with E-state index in [9.17, 15) is 13.2 Å². The van der Waals surface area contributed by atoms with Gasteiger partial charge in [-0.3, -0.25) is 0 Å². The lowest BCUT2D eigenvalue weighted by Gasteiger charge is -2.38. The first-order chi connectivity index (χ1) is 11.4. The lowest BCUT2D eigenvalue weighted by Crippen LogP contribution is -2.41. The SMILES string of the molecule is FC(F)(F)Cc1cc2cnc(N3CCC4(CCNC4)CC3)nc2s1. The van der Waals surface area contributed by atoms with Crippen LogP contribution in [0.4, 0.5) is 19.1 Å². The Balaban J connectivity index is 1.51. The molecule has 0 bridgehead atoms. The van der Waals surface area contributed by atoms with E-state index in [4.69, 9.17) is 0 Å². The molecule has 4 rings (SSSR count). The fourth-order valence-electron chi connectivity index (χ4n) is 3.71. The molecular formula is C16H19F3N4S. The molecule has 0 saturated carbocycles. The maximum absolute atomic E-state index is 12.5. The van der Waals surface area contributed by atoms with Gasteiger partial charge in [0.05, 0.1) is 6.42 Å². The zero-order valence-corrected chi connectivity index (χ0v) is 14.0. The molecule has 2 aliphatic heterocycles. The molecule has 2 aromatic heterocycles. The Hall–Kier alpha value is -1.41. The lowest BCUT2D eigenvalue weighted by molar-refractivity contribution is -0.126. The van der Waals surface area contributed by atoms with Gasteiger partial charge in [-0.25, -0.2) is 9.97 Å². The number of hydrogen-bond acceptors (Lipinski definition) is 5. The zero-order chi connectivity index (χ0) is 16.8. The minimum Gasteiger partial charge on any atom is -0.341 e. The zero-order valence-electron chi connectivity index (χ0n) is 13.2. The molecule has 2 aliphatic rings. The quantitative estimate of drug-likeness (QED) is 0.896. The summed E-state index contributed by atoms with van der Waals surface area (Å²) in [5, 5.41) is 4.13. The maximum atomic E-state index is 12.5. The van der Waals surface area contributed by atoms with Gasteiger partial charge < -0.3 is 10.2 Å². The second kappa shape index (κ2) is 5.84. The van der Waals surface area contributed by atoms with E-state index < -0.39 is 12.6 Å². The number of nitrogens with zero attached hydrogens (tertiary/aromatic N) is 3. The Bertz CT molecular complexity index is 726. The lowest BCUT2D eigenvalue weighted by atomic mass is 9.78. The number of hydrogen-bond donors (Lipinski definition) is 1. The highest BCUT2D eigenvalue weighted by Gasteiger charge is 2.37. The van der Waals surface area contributed by atoms with E-state index in [-0.39, 0.29) is 0 Å². The Labute approximate surface area is 142 Å². The Kier molecular flexibility index (Phi) is 3.91. The van der Waals surface area contributed by atoms with Crippen molar-refractivity contribution in [1.29, 1.82) is 0 Å². The van der Waals surface area contributed by atoms with Gasteiger partial charge in [-0.05, 0) is 37.3 Å². The number of aromatic nitrogens is 2. The van der Waals surface area contributed by atoms with Crippen molar-refractivity contribution in [3.8, 4) is 0 Å². The van der Waals surface area contributed by atoms with Crippen molar-refractivity contribution in [1.82, 2.24) is 15.3 Å². The van der Waals surface area contributed by atoms with Crippen LogP contribution in [0.2, 0.25) is 0 Å². The number of nitrogens with one attached hydrogen (secondary N) is 1. The topological polar surface area (TPSA) is 41.1 Å². The van der Waals surface area contributed by atoms with Crippen LogP contribution in [0.3, 0.4) is 0 Å². The van der Waals surface area contributed by atoms with Crippen LogP contribution in [0.25, 0.3) is 10.2 Å². The van der Waals surface area contributed by atoms with Crippen LogP contribution in [0, 0.1) is 5.41 Å². The van der Waals surface area contributed by atoms with Crippen molar-refractivity contribution in [3.63, 3.8) is 0 Å². The van der Waals surface area contributed by atoms with Gasteiger partial charge in [-0.1, -0.05) is 0 Å². The van der Waals surface area contributed by atoms with Crippen LogP contribution in [-0.2, 0) is 6.42 Å². The van der Waals surface area contributed by atoms with E-state index in [0.717, 1.165) is 50.4 Å². The fraction of sp³-hybridized carbons (Fsp3) is 0.625.